The smallest absolute Gasteiger partial charge is 0.179 e. The predicted molar refractivity (Wildman–Crippen MR) is 290 cm³/mol. The van der Waals surface area contributed by atoms with Gasteiger partial charge in [0.05, 0.1) is 0 Å². The fourth-order valence-electron chi connectivity index (χ4n) is 9.12. The van der Waals surface area contributed by atoms with Crippen LogP contribution in [-0.2, 0) is 0 Å². The van der Waals surface area contributed by atoms with Gasteiger partial charge in [0.15, 0.2) is 8.07 Å². The third-order valence-electron chi connectivity index (χ3n) is 12.4. The monoisotopic (exact) mass is 874 g/mol. The van der Waals surface area contributed by atoms with Crippen molar-refractivity contribution in [2.75, 3.05) is 9.80 Å². The fraction of sp³-hybridized carbons (Fsp3) is 0. The molecule has 0 saturated carbocycles. The Labute approximate surface area is 396 Å². The molecule has 0 radical (unpaired) electrons. The molecule has 0 saturated heterocycles. The number of anilines is 6. The molecule has 2 nitrogen and oxygen atoms in total. The molecule has 0 bridgehead atoms. The van der Waals surface area contributed by atoms with Crippen LogP contribution in [0.3, 0.4) is 0 Å². The summed E-state index contributed by atoms with van der Waals surface area (Å²) in [6.45, 7) is 0. The number of rotatable bonds is 14. The molecule has 0 N–H and O–H groups in total. The maximum absolute atomic E-state index is 2.72. The highest BCUT2D eigenvalue weighted by atomic mass is 28.3. The van der Waals surface area contributed by atoms with E-state index in [2.05, 4.69) is 313 Å². The van der Waals surface area contributed by atoms with Crippen LogP contribution in [0.5, 0.6) is 0 Å². The van der Waals surface area contributed by atoms with Crippen molar-refractivity contribution in [2.45, 2.75) is 0 Å². The van der Waals surface area contributed by atoms with Crippen molar-refractivity contribution in [3.8, 4) is 0 Å². The molecular formula is C64H50N2Si. The summed E-state index contributed by atoms with van der Waals surface area (Å²) >= 11 is 0. The molecule has 0 aromatic heterocycles. The highest BCUT2D eigenvalue weighted by molar-refractivity contribution is 7.19. The van der Waals surface area contributed by atoms with Crippen LogP contribution in [0.15, 0.2) is 279 Å². The molecule has 0 aliphatic heterocycles. The minimum atomic E-state index is -2.72. The molecule has 10 aromatic carbocycles. The Kier molecular flexibility index (Phi) is 12.7. The van der Waals surface area contributed by atoms with Crippen molar-refractivity contribution in [1.29, 1.82) is 0 Å². The molecule has 0 aliphatic carbocycles. The molecular weight excluding hydrogens is 825 g/mol. The van der Waals surface area contributed by atoms with Gasteiger partial charge in [0.25, 0.3) is 0 Å². The van der Waals surface area contributed by atoms with Crippen molar-refractivity contribution in [3.05, 3.63) is 301 Å². The molecule has 320 valence electrons. The van der Waals surface area contributed by atoms with Crippen molar-refractivity contribution in [2.24, 2.45) is 0 Å². The Hall–Kier alpha value is -8.50. The summed E-state index contributed by atoms with van der Waals surface area (Å²) in [5.74, 6) is 0. The van der Waals surface area contributed by atoms with Crippen LogP contribution in [0.2, 0.25) is 0 Å². The molecule has 0 atom stereocenters. The van der Waals surface area contributed by atoms with Crippen molar-refractivity contribution in [3.63, 3.8) is 0 Å². The van der Waals surface area contributed by atoms with Gasteiger partial charge >= 0.3 is 0 Å². The quantitative estimate of drug-likeness (QED) is 0.0610. The second-order valence-electron chi connectivity index (χ2n) is 16.6. The summed E-state index contributed by atoms with van der Waals surface area (Å²) in [5.41, 5.74) is 11.4. The molecule has 0 unspecified atom stereocenters. The molecule has 10 aromatic rings. The highest BCUT2D eigenvalue weighted by Crippen LogP contribution is 2.36. The molecule has 0 spiro atoms. The molecule has 0 heterocycles. The molecule has 0 fully saturated rings. The molecule has 0 aliphatic rings. The summed E-state index contributed by atoms with van der Waals surface area (Å²) in [6.07, 6.45) is 8.85. The van der Waals surface area contributed by atoms with E-state index in [1.807, 2.05) is 0 Å². The Morgan fingerprint density at radius 1 is 0.194 bits per heavy atom. The number of benzene rings is 10. The standard InChI is InChI=1S/C64H50N2Si/c1-7-19-55(20-8-1)65(56-21-9-2-10-22-56)59-43-35-51(36-44-59)31-33-53-39-47-63(48-40-53)67(61-27-15-5-16-28-61,62-29-17-6-18-30-62)64-49-41-54(42-50-64)34-32-52-37-45-60(46-38-52)66(57-23-11-3-12-24-57)58-25-13-4-14-26-58/h1-50H/b33-31+,34-32+. The normalized spacial score (nSPS) is 11.5. The van der Waals surface area contributed by atoms with Gasteiger partial charge in [0.1, 0.15) is 0 Å². The lowest BCUT2D eigenvalue weighted by Crippen LogP contribution is -2.74. The fourth-order valence-corrected chi connectivity index (χ4v) is 13.8. The van der Waals surface area contributed by atoms with Gasteiger partial charge in [-0.25, -0.2) is 0 Å². The largest absolute Gasteiger partial charge is 0.311 e. The van der Waals surface area contributed by atoms with Gasteiger partial charge in [0, 0.05) is 34.1 Å². The van der Waals surface area contributed by atoms with E-state index >= 15 is 0 Å². The summed E-state index contributed by atoms with van der Waals surface area (Å²) in [5, 5.41) is 5.40. The average molecular weight is 875 g/mol. The topological polar surface area (TPSA) is 6.48 Å². The third kappa shape index (κ3) is 9.37. The van der Waals surface area contributed by atoms with Crippen molar-refractivity contribution < 1.29 is 0 Å². The second-order valence-corrected chi connectivity index (χ2v) is 20.4. The zero-order chi connectivity index (χ0) is 45.1. The van der Waals surface area contributed by atoms with E-state index in [9.17, 15) is 0 Å². The maximum Gasteiger partial charge on any atom is 0.179 e. The van der Waals surface area contributed by atoms with Crippen LogP contribution in [0.4, 0.5) is 34.1 Å². The van der Waals surface area contributed by atoms with E-state index in [1.165, 1.54) is 20.7 Å². The van der Waals surface area contributed by atoms with Crippen LogP contribution in [0.1, 0.15) is 22.3 Å². The first-order chi connectivity index (χ1) is 33.2. The van der Waals surface area contributed by atoms with Gasteiger partial charge in [-0.15, -0.1) is 0 Å². The van der Waals surface area contributed by atoms with Crippen molar-refractivity contribution in [1.82, 2.24) is 0 Å². The van der Waals surface area contributed by atoms with Crippen molar-refractivity contribution >= 4 is 87.2 Å². The number of nitrogens with zero attached hydrogens (tertiary/aromatic N) is 2. The summed E-state index contributed by atoms with van der Waals surface area (Å²) in [6, 6.07) is 101. The number of para-hydroxylation sites is 4. The first-order valence-corrected chi connectivity index (χ1v) is 24.9. The lowest BCUT2D eigenvalue weighted by atomic mass is 10.1. The zero-order valence-electron chi connectivity index (χ0n) is 37.3. The number of hydrogen-bond donors (Lipinski definition) is 0. The van der Waals surface area contributed by atoms with Crippen LogP contribution < -0.4 is 30.5 Å². The van der Waals surface area contributed by atoms with E-state index in [0.717, 1.165) is 56.4 Å². The molecule has 0 amide bonds. The van der Waals surface area contributed by atoms with Gasteiger partial charge in [-0.1, -0.05) is 231 Å². The second kappa shape index (κ2) is 20.1. The van der Waals surface area contributed by atoms with Crippen LogP contribution >= 0.6 is 0 Å². The predicted octanol–water partition coefficient (Wildman–Crippen LogP) is 14.3. The van der Waals surface area contributed by atoms with Gasteiger partial charge in [-0.05, 0) is 116 Å². The Bertz CT molecular complexity index is 2860. The average Bonchev–Trinajstić information content (AvgIpc) is 3.41. The van der Waals surface area contributed by atoms with Gasteiger partial charge in [-0.2, -0.15) is 0 Å². The Morgan fingerprint density at radius 2 is 0.388 bits per heavy atom. The Balaban J connectivity index is 0.923. The molecule has 3 heteroatoms. The van der Waals surface area contributed by atoms with Gasteiger partial charge in [0.2, 0.25) is 0 Å². The van der Waals surface area contributed by atoms with Crippen LogP contribution in [0, 0.1) is 0 Å². The lowest BCUT2D eigenvalue weighted by molar-refractivity contribution is 1.28. The lowest BCUT2D eigenvalue weighted by Gasteiger charge is -2.34. The van der Waals surface area contributed by atoms with E-state index in [0.29, 0.717) is 0 Å². The Morgan fingerprint density at radius 3 is 0.642 bits per heavy atom. The third-order valence-corrected chi connectivity index (χ3v) is 17.2. The summed E-state index contributed by atoms with van der Waals surface area (Å²) in [7, 11) is -2.72. The first-order valence-electron chi connectivity index (χ1n) is 22.9. The zero-order valence-corrected chi connectivity index (χ0v) is 38.3. The molecule has 10 rings (SSSR count). The van der Waals surface area contributed by atoms with Crippen LogP contribution in [0.25, 0.3) is 24.3 Å². The van der Waals surface area contributed by atoms with Gasteiger partial charge in [-0.3, -0.25) is 0 Å². The SMILES string of the molecule is C(=C\c1ccc([Si](c2ccccc2)(c2ccccc2)c2ccc(/C=C/c3ccc(N(c4ccccc4)c4ccccc4)cc3)cc2)cc1)/c1ccc(N(c2ccccc2)c2ccccc2)cc1. The maximum atomic E-state index is 2.36. The van der Waals surface area contributed by atoms with Gasteiger partial charge < -0.3 is 9.80 Å². The van der Waals surface area contributed by atoms with E-state index in [4.69, 9.17) is 0 Å². The minimum absolute atomic E-state index is 1.12. The van der Waals surface area contributed by atoms with E-state index in [-0.39, 0.29) is 0 Å². The van der Waals surface area contributed by atoms with E-state index < -0.39 is 8.07 Å². The first kappa shape index (κ1) is 42.4. The minimum Gasteiger partial charge on any atom is -0.311 e. The highest BCUT2D eigenvalue weighted by Gasteiger charge is 2.41. The summed E-state index contributed by atoms with van der Waals surface area (Å²) < 4.78 is 0. The molecule has 67 heavy (non-hydrogen) atoms. The summed E-state index contributed by atoms with van der Waals surface area (Å²) in [4.78, 5) is 4.58. The number of hydrogen-bond acceptors (Lipinski definition) is 2. The van der Waals surface area contributed by atoms with Crippen LogP contribution in [-0.4, -0.2) is 8.07 Å². The van der Waals surface area contributed by atoms with E-state index in [1.54, 1.807) is 0 Å².